The Morgan fingerprint density at radius 2 is 2.14 bits per heavy atom. The first-order valence-electron chi connectivity index (χ1n) is 7.83. The van der Waals surface area contributed by atoms with Crippen LogP contribution in [0.1, 0.15) is 25.8 Å². The van der Waals surface area contributed by atoms with Gasteiger partial charge >= 0.3 is 0 Å². The zero-order valence-electron chi connectivity index (χ0n) is 13.0. The van der Waals surface area contributed by atoms with Crippen LogP contribution in [0.2, 0.25) is 0 Å². The number of rotatable bonds is 6. The van der Waals surface area contributed by atoms with Crippen LogP contribution in [-0.2, 0) is 11.3 Å². The predicted molar refractivity (Wildman–Crippen MR) is 83.8 cm³/mol. The molecule has 1 aliphatic heterocycles. The van der Waals surface area contributed by atoms with Crippen LogP contribution in [0, 0.1) is 5.92 Å². The van der Waals surface area contributed by atoms with E-state index in [-0.39, 0.29) is 18.6 Å². The fraction of sp³-hybridized carbons (Fsp3) is 0.588. The molecule has 1 aliphatic rings. The number of nitrogens with zero attached hydrogens (tertiary/aromatic N) is 2. The molecular formula is C17H26N2O2. The molecule has 0 aromatic heterocycles. The van der Waals surface area contributed by atoms with Gasteiger partial charge in [-0.05, 0) is 38.3 Å². The number of carbonyl (C=O) groups excluding carboxylic acids is 1. The minimum absolute atomic E-state index is 0.106. The van der Waals surface area contributed by atoms with Gasteiger partial charge in [-0.15, -0.1) is 0 Å². The van der Waals surface area contributed by atoms with E-state index in [1.807, 2.05) is 36.9 Å². The lowest BCUT2D eigenvalue weighted by atomic mass is 10.1. The lowest BCUT2D eigenvalue weighted by Gasteiger charge is -2.30. The van der Waals surface area contributed by atoms with E-state index in [1.165, 1.54) is 0 Å². The molecule has 4 heteroatoms. The van der Waals surface area contributed by atoms with Crippen LogP contribution in [-0.4, -0.2) is 53.1 Å². The van der Waals surface area contributed by atoms with E-state index in [1.54, 1.807) is 0 Å². The monoisotopic (exact) mass is 290 g/mol. The molecule has 0 radical (unpaired) electrons. The number of hydrogen-bond acceptors (Lipinski definition) is 3. The van der Waals surface area contributed by atoms with E-state index < -0.39 is 0 Å². The van der Waals surface area contributed by atoms with Crippen LogP contribution in [0.15, 0.2) is 30.3 Å². The maximum atomic E-state index is 12.7. The van der Waals surface area contributed by atoms with E-state index >= 15 is 0 Å². The maximum Gasteiger partial charge on any atom is 0.239 e. The highest BCUT2D eigenvalue weighted by molar-refractivity contribution is 5.81. The predicted octanol–water partition coefficient (Wildman–Crippen LogP) is 1.74. The Bertz CT molecular complexity index is 449. The zero-order valence-corrected chi connectivity index (χ0v) is 13.0. The van der Waals surface area contributed by atoms with Crippen molar-refractivity contribution < 1.29 is 9.90 Å². The van der Waals surface area contributed by atoms with Crippen molar-refractivity contribution in [1.82, 2.24) is 9.80 Å². The second-order valence-corrected chi connectivity index (χ2v) is 5.85. The lowest BCUT2D eigenvalue weighted by Crippen LogP contribution is -2.46. The Morgan fingerprint density at radius 1 is 1.43 bits per heavy atom. The summed E-state index contributed by atoms with van der Waals surface area (Å²) in [6.07, 6.45) is 0.985. The molecule has 0 spiro atoms. The SMILES string of the molecule is CCN(Cc1ccccc1)C(=O)C(C)N1CCC(CO)C1. The van der Waals surface area contributed by atoms with Crippen molar-refractivity contribution in [3.8, 4) is 0 Å². The van der Waals surface area contributed by atoms with Gasteiger partial charge in [0, 0.05) is 26.2 Å². The first kappa shape index (κ1) is 16.0. The number of amides is 1. The molecule has 1 heterocycles. The molecule has 1 amide bonds. The number of benzene rings is 1. The van der Waals surface area contributed by atoms with Crippen molar-refractivity contribution in [2.75, 3.05) is 26.2 Å². The molecule has 0 bridgehead atoms. The Kier molecular flexibility index (Phi) is 5.76. The molecule has 0 saturated carbocycles. The number of aliphatic hydroxyl groups excluding tert-OH is 1. The van der Waals surface area contributed by atoms with Gasteiger partial charge in [0.2, 0.25) is 5.91 Å². The molecule has 0 aliphatic carbocycles. The summed E-state index contributed by atoms with van der Waals surface area (Å²) in [6.45, 7) is 7.34. The standard InChI is InChI=1S/C17H26N2O2/c1-3-18(11-15-7-5-4-6-8-15)17(21)14(2)19-10-9-16(12-19)13-20/h4-8,14,16,20H,3,9-13H2,1-2H3. The van der Waals surface area contributed by atoms with Gasteiger partial charge in [0.25, 0.3) is 0 Å². The number of aliphatic hydroxyl groups is 1. The van der Waals surface area contributed by atoms with Crippen LogP contribution in [0.25, 0.3) is 0 Å². The smallest absolute Gasteiger partial charge is 0.239 e. The largest absolute Gasteiger partial charge is 0.396 e. The zero-order chi connectivity index (χ0) is 15.2. The molecule has 1 aromatic carbocycles. The van der Waals surface area contributed by atoms with E-state index in [0.29, 0.717) is 12.5 Å². The fourth-order valence-electron chi connectivity index (χ4n) is 2.93. The number of carbonyl (C=O) groups is 1. The van der Waals surface area contributed by atoms with Gasteiger partial charge in [0.05, 0.1) is 6.04 Å². The minimum atomic E-state index is -0.106. The van der Waals surface area contributed by atoms with E-state index in [4.69, 9.17) is 0 Å². The fourth-order valence-corrected chi connectivity index (χ4v) is 2.93. The lowest BCUT2D eigenvalue weighted by molar-refractivity contribution is -0.136. The summed E-state index contributed by atoms with van der Waals surface area (Å²) in [4.78, 5) is 16.8. The summed E-state index contributed by atoms with van der Waals surface area (Å²) in [5, 5.41) is 9.23. The second kappa shape index (κ2) is 7.57. The number of likely N-dealkylation sites (N-methyl/N-ethyl adjacent to an activating group) is 1. The topological polar surface area (TPSA) is 43.8 Å². The van der Waals surface area contributed by atoms with Crippen molar-refractivity contribution in [2.24, 2.45) is 5.92 Å². The third kappa shape index (κ3) is 4.05. The van der Waals surface area contributed by atoms with Gasteiger partial charge in [-0.1, -0.05) is 30.3 Å². The van der Waals surface area contributed by atoms with Gasteiger partial charge in [0.15, 0.2) is 0 Å². The number of hydrogen-bond donors (Lipinski definition) is 1. The number of likely N-dealkylation sites (tertiary alicyclic amines) is 1. The quantitative estimate of drug-likeness (QED) is 0.868. The summed E-state index contributed by atoms with van der Waals surface area (Å²) in [6, 6.07) is 10.00. The van der Waals surface area contributed by atoms with Crippen LogP contribution in [0.3, 0.4) is 0 Å². The Balaban J connectivity index is 1.96. The minimum Gasteiger partial charge on any atom is -0.396 e. The highest BCUT2D eigenvalue weighted by atomic mass is 16.3. The van der Waals surface area contributed by atoms with Gasteiger partial charge in [-0.25, -0.2) is 0 Å². The van der Waals surface area contributed by atoms with Crippen LogP contribution < -0.4 is 0 Å². The molecule has 1 N–H and O–H groups in total. The average Bonchev–Trinajstić information content (AvgIpc) is 3.01. The Morgan fingerprint density at radius 3 is 2.71 bits per heavy atom. The highest BCUT2D eigenvalue weighted by Crippen LogP contribution is 2.19. The van der Waals surface area contributed by atoms with Crippen molar-refractivity contribution in [3.63, 3.8) is 0 Å². The van der Waals surface area contributed by atoms with E-state index in [9.17, 15) is 9.90 Å². The Labute approximate surface area is 127 Å². The maximum absolute atomic E-state index is 12.7. The molecule has 1 saturated heterocycles. The highest BCUT2D eigenvalue weighted by Gasteiger charge is 2.31. The normalized spacial score (nSPS) is 20.4. The molecule has 116 valence electrons. The molecule has 1 aromatic rings. The first-order chi connectivity index (χ1) is 10.2. The molecule has 21 heavy (non-hydrogen) atoms. The van der Waals surface area contributed by atoms with Crippen molar-refractivity contribution in [1.29, 1.82) is 0 Å². The van der Waals surface area contributed by atoms with Crippen molar-refractivity contribution >= 4 is 5.91 Å². The average molecular weight is 290 g/mol. The summed E-state index contributed by atoms with van der Waals surface area (Å²) < 4.78 is 0. The van der Waals surface area contributed by atoms with Crippen LogP contribution in [0.4, 0.5) is 0 Å². The molecule has 2 unspecified atom stereocenters. The molecule has 1 fully saturated rings. The van der Waals surface area contributed by atoms with Crippen molar-refractivity contribution in [2.45, 2.75) is 32.9 Å². The van der Waals surface area contributed by atoms with Gasteiger partial charge < -0.3 is 10.0 Å². The third-order valence-corrected chi connectivity index (χ3v) is 4.39. The summed E-state index contributed by atoms with van der Waals surface area (Å²) in [7, 11) is 0. The summed E-state index contributed by atoms with van der Waals surface area (Å²) in [5.74, 6) is 0.504. The summed E-state index contributed by atoms with van der Waals surface area (Å²) >= 11 is 0. The molecule has 4 nitrogen and oxygen atoms in total. The van der Waals surface area contributed by atoms with Crippen LogP contribution in [0.5, 0.6) is 0 Å². The first-order valence-corrected chi connectivity index (χ1v) is 7.83. The second-order valence-electron chi connectivity index (χ2n) is 5.85. The van der Waals surface area contributed by atoms with E-state index in [0.717, 1.165) is 31.6 Å². The third-order valence-electron chi connectivity index (χ3n) is 4.39. The Hall–Kier alpha value is -1.39. The van der Waals surface area contributed by atoms with Gasteiger partial charge in [0.1, 0.15) is 0 Å². The van der Waals surface area contributed by atoms with Gasteiger partial charge in [-0.2, -0.15) is 0 Å². The van der Waals surface area contributed by atoms with Gasteiger partial charge in [-0.3, -0.25) is 9.69 Å². The van der Waals surface area contributed by atoms with Crippen LogP contribution >= 0.6 is 0 Å². The molecule has 2 rings (SSSR count). The molecule has 2 atom stereocenters. The summed E-state index contributed by atoms with van der Waals surface area (Å²) in [5.41, 5.74) is 1.16. The molecular weight excluding hydrogens is 264 g/mol. The van der Waals surface area contributed by atoms with E-state index in [2.05, 4.69) is 17.0 Å². The van der Waals surface area contributed by atoms with Crippen molar-refractivity contribution in [3.05, 3.63) is 35.9 Å².